The van der Waals surface area contributed by atoms with E-state index in [-0.39, 0.29) is 5.91 Å². The summed E-state index contributed by atoms with van der Waals surface area (Å²) in [5.41, 5.74) is 13.0. The number of hydrogen-bond acceptors (Lipinski definition) is 5. The lowest BCUT2D eigenvalue weighted by Crippen LogP contribution is -2.49. The van der Waals surface area contributed by atoms with Gasteiger partial charge in [-0.15, -0.1) is 0 Å². The Labute approximate surface area is 236 Å². The molecular formula is C33H37N5O2. The largest absolute Gasteiger partial charge is 0.370 e. The minimum atomic E-state index is -0.436. The van der Waals surface area contributed by atoms with Gasteiger partial charge in [-0.05, 0) is 86.1 Å². The van der Waals surface area contributed by atoms with Gasteiger partial charge in [-0.3, -0.25) is 9.59 Å². The number of piperazine rings is 1. The number of amides is 2. The number of rotatable bonds is 6. The predicted octanol–water partition coefficient (Wildman–Crippen LogP) is 4.70. The van der Waals surface area contributed by atoms with Gasteiger partial charge in [-0.1, -0.05) is 30.3 Å². The summed E-state index contributed by atoms with van der Waals surface area (Å²) in [7, 11) is 0. The van der Waals surface area contributed by atoms with E-state index >= 15 is 0 Å². The summed E-state index contributed by atoms with van der Waals surface area (Å²) < 4.78 is 0. The maximum absolute atomic E-state index is 13.7. The maximum atomic E-state index is 13.7. The predicted molar refractivity (Wildman–Crippen MR) is 159 cm³/mol. The number of carbonyl (C=O) groups excluding carboxylic acids is 2. The molecule has 2 N–H and O–H groups in total. The van der Waals surface area contributed by atoms with Gasteiger partial charge in [0.1, 0.15) is 6.07 Å². The highest BCUT2D eigenvalue weighted by atomic mass is 16.2. The lowest BCUT2D eigenvalue weighted by atomic mass is 9.86. The summed E-state index contributed by atoms with van der Waals surface area (Å²) in [5.74, 6) is 0.183. The van der Waals surface area contributed by atoms with Crippen molar-refractivity contribution < 1.29 is 9.59 Å². The first-order valence-corrected chi connectivity index (χ1v) is 14.1. The average Bonchev–Trinajstić information content (AvgIpc) is 2.98. The molecule has 2 heterocycles. The van der Waals surface area contributed by atoms with Gasteiger partial charge in [0.25, 0.3) is 11.8 Å². The van der Waals surface area contributed by atoms with E-state index in [1.165, 1.54) is 11.1 Å². The molecule has 206 valence electrons. The number of benzene rings is 3. The zero-order valence-corrected chi connectivity index (χ0v) is 23.4. The first-order valence-electron chi connectivity index (χ1n) is 14.1. The Hall–Kier alpha value is -4.31. The molecule has 0 aliphatic carbocycles. The van der Waals surface area contributed by atoms with Gasteiger partial charge in [0.2, 0.25) is 0 Å². The van der Waals surface area contributed by atoms with Crippen LogP contribution in [0, 0.1) is 31.1 Å². The van der Waals surface area contributed by atoms with E-state index in [9.17, 15) is 14.9 Å². The fourth-order valence-corrected chi connectivity index (χ4v) is 6.16. The first kappa shape index (κ1) is 27.3. The van der Waals surface area contributed by atoms with Crippen LogP contribution in [0.15, 0.2) is 60.7 Å². The van der Waals surface area contributed by atoms with Crippen molar-refractivity contribution in [3.63, 3.8) is 0 Å². The van der Waals surface area contributed by atoms with Crippen LogP contribution in [-0.4, -0.2) is 56.0 Å². The summed E-state index contributed by atoms with van der Waals surface area (Å²) in [6.07, 6.45) is 3.08. The number of hydrogen-bond donors (Lipinski definition) is 1. The number of anilines is 2. The quantitative estimate of drug-likeness (QED) is 0.494. The van der Waals surface area contributed by atoms with E-state index < -0.39 is 5.91 Å². The molecule has 0 bridgehead atoms. The molecule has 0 unspecified atom stereocenters. The number of nitriles is 1. The number of aryl methyl sites for hydroxylation is 2. The van der Waals surface area contributed by atoms with Gasteiger partial charge >= 0.3 is 0 Å². The number of carbonyl (C=O) groups is 2. The molecule has 0 atom stereocenters. The molecule has 7 nitrogen and oxygen atoms in total. The fraction of sp³-hybridized carbons (Fsp3) is 0.364. The molecule has 0 saturated carbocycles. The topological polar surface area (TPSA) is 93.7 Å². The van der Waals surface area contributed by atoms with Gasteiger partial charge < -0.3 is 20.4 Å². The average molecular weight is 536 g/mol. The minimum absolute atomic E-state index is 0.0736. The number of piperidine rings is 1. The van der Waals surface area contributed by atoms with Gasteiger partial charge in [0.05, 0.1) is 16.8 Å². The molecule has 5 rings (SSSR count). The lowest BCUT2D eigenvalue weighted by molar-refractivity contribution is 0.0745. The molecule has 0 spiro atoms. The van der Waals surface area contributed by atoms with Gasteiger partial charge in [0.15, 0.2) is 0 Å². The van der Waals surface area contributed by atoms with Crippen molar-refractivity contribution in [2.75, 3.05) is 49.1 Å². The van der Waals surface area contributed by atoms with Crippen LogP contribution in [0.2, 0.25) is 0 Å². The van der Waals surface area contributed by atoms with Crippen LogP contribution in [0.25, 0.3) is 0 Å². The molecule has 2 aliphatic heterocycles. The molecule has 2 aliphatic rings. The third-order valence-electron chi connectivity index (χ3n) is 8.48. The Morgan fingerprint density at radius 1 is 0.825 bits per heavy atom. The van der Waals surface area contributed by atoms with E-state index in [0.717, 1.165) is 60.4 Å². The van der Waals surface area contributed by atoms with Crippen LogP contribution in [-0.2, 0) is 6.42 Å². The monoisotopic (exact) mass is 535 g/mol. The molecular weight excluding hydrogens is 498 g/mol. The summed E-state index contributed by atoms with van der Waals surface area (Å²) >= 11 is 0. The zero-order valence-electron chi connectivity index (χ0n) is 23.4. The SMILES string of the molecule is Cc1cc(C)c(C(=O)N2CCN(c3ccccc3C(N)=O)CC2)cc1CC1CCN(c2ccccc2C#N)CC1. The van der Waals surface area contributed by atoms with Crippen molar-refractivity contribution in [2.45, 2.75) is 33.1 Å². The van der Waals surface area contributed by atoms with Crippen LogP contribution < -0.4 is 15.5 Å². The second-order valence-electron chi connectivity index (χ2n) is 11.0. The molecule has 3 aromatic rings. The van der Waals surface area contributed by atoms with Crippen LogP contribution >= 0.6 is 0 Å². The fourth-order valence-electron chi connectivity index (χ4n) is 6.16. The van der Waals surface area contributed by atoms with Gasteiger partial charge in [-0.2, -0.15) is 5.26 Å². The second kappa shape index (κ2) is 11.8. The second-order valence-corrected chi connectivity index (χ2v) is 11.0. The highest BCUT2D eigenvalue weighted by Gasteiger charge is 2.27. The third-order valence-corrected chi connectivity index (χ3v) is 8.48. The van der Waals surface area contributed by atoms with Crippen molar-refractivity contribution in [3.05, 3.63) is 94.0 Å². The Kier molecular flexibility index (Phi) is 8.06. The van der Waals surface area contributed by atoms with Crippen LogP contribution in [0.1, 0.15) is 55.8 Å². The number of para-hydroxylation sites is 2. The van der Waals surface area contributed by atoms with Gasteiger partial charge in [0, 0.05) is 50.5 Å². The van der Waals surface area contributed by atoms with Crippen LogP contribution in [0.5, 0.6) is 0 Å². The van der Waals surface area contributed by atoms with Crippen LogP contribution in [0.4, 0.5) is 11.4 Å². The Morgan fingerprint density at radius 3 is 2.12 bits per heavy atom. The van der Waals surface area contributed by atoms with E-state index in [4.69, 9.17) is 5.73 Å². The Morgan fingerprint density at radius 2 is 1.45 bits per heavy atom. The number of primary amides is 1. The number of nitrogens with zero attached hydrogens (tertiary/aromatic N) is 4. The van der Waals surface area contributed by atoms with E-state index in [0.29, 0.717) is 37.7 Å². The summed E-state index contributed by atoms with van der Waals surface area (Å²) in [5, 5.41) is 9.48. The Bertz CT molecular complexity index is 1440. The molecule has 2 saturated heterocycles. The van der Waals surface area contributed by atoms with E-state index in [1.54, 1.807) is 6.07 Å². The van der Waals surface area contributed by atoms with Crippen molar-refractivity contribution in [2.24, 2.45) is 11.7 Å². The molecule has 40 heavy (non-hydrogen) atoms. The highest BCUT2D eigenvalue weighted by molar-refractivity contribution is 5.99. The zero-order chi connectivity index (χ0) is 28.2. The normalized spacial score (nSPS) is 16.1. The summed E-state index contributed by atoms with van der Waals surface area (Å²) in [6.45, 7) is 8.53. The van der Waals surface area contributed by atoms with Gasteiger partial charge in [-0.25, -0.2) is 0 Å². The first-order chi connectivity index (χ1) is 19.4. The van der Waals surface area contributed by atoms with Crippen molar-refractivity contribution >= 4 is 23.2 Å². The summed E-state index contributed by atoms with van der Waals surface area (Å²) in [4.78, 5) is 31.9. The molecule has 7 heteroatoms. The summed E-state index contributed by atoms with van der Waals surface area (Å²) in [6, 6.07) is 21.8. The molecule has 0 aromatic heterocycles. The third kappa shape index (κ3) is 5.67. The van der Waals surface area contributed by atoms with Crippen molar-refractivity contribution in [3.8, 4) is 6.07 Å². The Balaban J connectivity index is 1.23. The van der Waals surface area contributed by atoms with Crippen molar-refractivity contribution in [1.29, 1.82) is 5.26 Å². The lowest BCUT2D eigenvalue weighted by Gasteiger charge is -2.37. The van der Waals surface area contributed by atoms with Crippen LogP contribution in [0.3, 0.4) is 0 Å². The smallest absolute Gasteiger partial charge is 0.254 e. The number of nitrogens with two attached hydrogens (primary N) is 1. The highest BCUT2D eigenvalue weighted by Crippen LogP contribution is 2.30. The maximum Gasteiger partial charge on any atom is 0.254 e. The standard InChI is InChI=1S/C33H37N5O2/c1-23-19-24(2)29(33(40)38-17-15-37(16-18-38)31-10-6-4-8-28(31)32(35)39)21-27(23)20-25-11-13-36(14-12-25)30-9-5-3-7-26(30)22-34/h3-10,19,21,25H,11-18,20H2,1-2H3,(H2,35,39). The molecule has 2 amide bonds. The molecule has 0 radical (unpaired) electrons. The molecule has 3 aromatic carbocycles. The minimum Gasteiger partial charge on any atom is -0.370 e. The van der Waals surface area contributed by atoms with E-state index in [2.05, 4.69) is 34.9 Å². The van der Waals surface area contributed by atoms with Crippen molar-refractivity contribution in [1.82, 2.24) is 4.90 Å². The molecule has 2 fully saturated rings. The van der Waals surface area contributed by atoms with E-state index in [1.807, 2.05) is 54.3 Å².